The van der Waals surface area contributed by atoms with Crippen molar-refractivity contribution in [1.82, 2.24) is 23.9 Å². The van der Waals surface area contributed by atoms with Crippen molar-refractivity contribution in [3.8, 4) is 0 Å². The summed E-state index contributed by atoms with van der Waals surface area (Å²) in [5, 5.41) is 11.3. The summed E-state index contributed by atoms with van der Waals surface area (Å²) in [7, 11) is 0. The van der Waals surface area contributed by atoms with Crippen molar-refractivity contribution < 1.29 is 9.84 Å². The van der Waals surface area contributed by atoms with E-state index in [0.29, 0.717) is 0 Å². The van der Waals surface area contributed by atoms with Gasteiger partial charge in [0.25, 0.3) is 0 Å². The fourth-order valence-electron chi connectivity index (χ4n) is 3.37. The van der Waals surface area contributed by atoms with E-state index in [2.05, 4.69) is 47.4 Å². The summed E-state index contributed by atoms with van der Waals surface area (Å²) in [5.41, 5.74) is 3.75. The second-order valence-corrected chi connectivity index (χ2v) is 9.63. The van der Waals surface area contributed by atoms with Gasteiger partial charge in [-0.1, -0.05) is 17.8 Å². The molecule has 0 amide bonds. The summed E-state index contributed by atoms with van der Waals surface area (Å²) in [6, 6.07) is 6.31. The number of ether oxygens (including phenoxy) is 1. The average molecular weight is 478 g/mol. The fraction of sp³-hybridized carbons (Fsp3) is 0.333. The number of hydrogen-bond acceptors (Lipinski definition) is 8. The summed E-state index contributed by atoms with van der Waals surface area (Å²) < 4.78 is 13.3. The highest BCUT2D eigenvalue weighted by Crippen LogP contribution is 2.34. The highest BCUT2D eigenvalue weighted by atomic mass is 79.9. The van der Waals surface area contributed by atoms with Gasteiger partial charge in [0.15, 0.2) is 5.65 Å². The Morgan fingerprint density at radius 1 is 1.29 bits per heavy atom. The molecule has 2 atom stereocenters. The number of halogens is 1. The van der Waals surface area contributed by atoms with Crippen LogP contribution in [0.2, 0.25) is 0 Å². The third kappa shape index (κ3) is 3.33. The van der Waals surface area contributed by atoms with E-state index in [1.54, 1.807) is 24.4 Å². The molecule has 1 saturated heterocycles. The van der Waals surface area contributed by atoms with Crippen molar-refractivity contribution in [2.24, 2.45) is 0 Å². The Kier molecular flexibility index (Phi) is 5.06. The Morgan fingerprint density at radius 2 is 2.21 bits per heavy atom. The summed E-state index contributed by atoms with van der Waals surface area (Å²) in [6.45, 7) is 0.0410. The van der Waals surface area contributed by atoms with Gasteiger partial charge >= 0.3 is 0 Å². The van der Waals surface area contributed by atoms with Crippen LogP contribution >= 0.6 is 39.2 Å². The van der Waals surface area contributed by atoms with Gasteiger partial charge in [-0.25, -0.2) is 15.0 Å². The predicted octanol–water partition coefficient (Wildman–Crippen LogP) is 4.16. The maximum atomic E-state index is 9.30. The first-order chi connectivity index (χ1) is 13.7. The molecule has 4 heterocycles. The van der Waals surface area contributed by atoms with Gasteiger partial charge in [0, 0.05) is 11.1 Å². The van der Waals surface area contributed by atoms with Gasteiger partial charge in [-0.15, -0.1) is 0 Å². The number of aromatic nitrogens is 5. The van der Waals surface area contributed by atoms with Gasteiger partial charge in [-0.2, -0.15) is 4.37 Å². The zero-order valence-electron chi connectivity index (χ0n) is 14.7. The maximum Gasteiger partial charge on any atom is 0.166 e. The van der Waals surface area contributed by atoms with Crippen molar-refractivity contribution in [2.75, 3.05) is 6.61 Å². The largest absolute Gasteiger partial charge is 0.394 e. The molecule has 2 unspecified atom stereocenters. The molecule has 28 heavy (non-hydrogen) atoms. The SMILES string of the molecule is OCC1CCC(n2cnc3c(SCc4ccc5nsc(Br)c5c4)ncnc32)O1. The molecule has 3 aromatic heterocycles. The molecule has 144 valence electrons. The minimum absolute atomic E-state index is 0.0410. The minimum Gasteiger partial charge on any atom is -0.394 e. The zero-order chi connectivity index (χ0) is 19.1. The predicted molar refractivity (Wildman–Crippen MR) is 112 cm³/mol. The molecule has 0 aliphatic carbocycles. The molecular weight excluding hydrogens is 462 g/mol. The molecule has 1 aliphatic rings. The summed E-state index contributed by atoms with van der Waals surface area (Å²) in [4.78, 5) is 13.4. The van der Waals surface area contributed by atoms with Crippen LogP contribution in [0, 0.1) is 0 Å². The molecule has 7 nitrogen and oxygen atoms in total. The van der Waals surface area contributed by atoms with Crippen molar-refractivity contribution in [1.29, 1.82) is 0 Å². The first-order valence-electron chi connectivity index (χ1n) is 8.83. The van der Waals surface area contributed by atoms with E-state index in [4.69, 9.17) is 4.74 Å². The smallest absolute Gasteiger partial charge is 0.166 e. The Morgan fingerprint density at radius 3 is 3.07 bits per heavy atom. The van der Waals surface area contributed by atoms with Crippen LogP contribution in [0.3, 0.4) is 0 Å². The minimum atomic E-state index is -0.138. The third-order valence-corrected chi connectivity index (χ3v) is 7.38. The molecular formula is C18H16BrN5O2S2. The second kappa shape index (κ2) is 7.68. The number of thioether (sulfide) groups is 1. The van der Waals surface area contributed by atoms with E-state index in [1.807, 2.05) is 10.6 Å². The van der Waals surface area contributed by atoms with Crippen LogP contribution in [0.25, 0.3) is 22.1 Å². The van der Waals surface area contributed by atoms with Crippen molar-refractivity contribution in [2.45, 2.75) is 36.0 Å². The van der Waals surface area contributed by atoms with Gasteiger partial charge in [0.2, 0.25) is 0 Å². The monoisotopic (exact) mass is 477 g/mol. The lowest BCUT2D eigenvalue weighted by molar-refractivity contribution is -0.0207. The topological polar surface area (TPSA) is 86.0 Å². The molecule has 10 heteroatoms. The molecule has 0 spiro atoms. The number of nitrogens with zero attached hydrogens (tertiary/aromatic N) is 5. The van der Waals surface area contributed by atoms with E-state index in [0.717, 1.165) is 49.5 Å². The van der Waals surface area contributed by atoms with Crippen molar-refractivity contribution in [3.63, 3.8) is 0 Å². The van der Waals surface area contributed by atoms with E-state index in [9.17, 15) is 5.11 Å². The van der Waals surface area contributed by atoms with Gasteiger partial charge in [0.05, 0.1) is 28.3 Å². The van der Waals surface area contributed by atoms with E-state index < -0.39 is 0 Å². The maximum absolute atomic E-state index is 9.30. The van der Waals surface area contributed by atoms with Crippen molar-refractivity contribution >= 4 is 61.3 Å². The summed E-state index contributed by atoms with van der Waals surface area (Å²) in [6.07, 6.45) is 4.76. The number of imidazole rings is 1. The van der Waals surface area contributed by atoms with Gasteiger partial charge in [-0.05, 0) is 58.0 Å². The quantitative estimate of drug-likeness (QED) is 0.341. The molecule has 1 fully saturated rings. The number of benzene rings is 1. The Hall–Kier alpha value is -1.59. The van der Waals surface area contributed by atoms with Crippen LogP contribution < -0.4 is 0 Å². The summed E-state index contributed by atoms with van der Waals surface area (Å²) >= 11 is 6.66. The first-order valence-corrected chi connectivity index (χ1v) is 11.4. The van der Waals surface area contributed by atoms with Gasteiger partial charge in [-0.3, -0.25) is 4.57 Å². The molecule has 0 bridgehead atoms. The lowest BCUT2D eigenvalue weighted by Gasteiger charge is -2.13. The van der Waals surface area contributed by atoms with Crippen LogP contribution in [0.4, 0.5) is 0 Å². The Balaban J connectivity index is 1.39. The van der Waals surface area contributed by atoms with Gasteiger partial charge in [0.1, 0.15) is 23.1 Å². The van der Waals surface area contributed by atoms with Crippen LogP contribution in [-0.2, 0) is 10.5 Å². The van der Waals surface area contributed by atoms with E-state index in [-0.39, 0.29) is 18.9 Å². The highest BCUT2D eigenvalue weighted by molar-refractivity contribution is 9.11. The highest BCUT2D eigenvalue weighted by Gasteiger charge is 2.27. The zero-order valence-corrected chi connectivity index (χ0v) is 17.9. The number of hydrogen-bond donors (Lipinski definition) is 1. The van der Waals surface area contributed by atoms with Crippen LogP contribution in [0.5, 0.6) is 0 Å². The van der Waals surface area contributed by atoms with Crippen LogP contribution in [0.15, 0.2) is 39.7 Å². The number of rotatable bonds is 5. The standard InChI is InChI=1S/C18H16BrN5O2S2/c19-16-12-5-10(1-3-13(12)23-28-16)7-27-18-15-17(20-8-21-18)24(9-22-15)14-4-2-11(6-25)26-14/h1,3,5,8-9,11,14,25H,2,4,6-7H2. The lowest BCUT2D eigenvalue weighted by Crippen LogP contribution is -2.14. The van der Waals surface area contributed by atoms with Crippen molar-refractivity contribution in [3.05, 3.63) is 40.2 Å². The third-order valence-electron chi connectivity index (χ3n) is 4.80. The summed E-state index contributed by atoms with van der Waals surface area (Å²) in [5.74, 6) is 0.781. The average Bonchev–Trinajstić information content (AvgIpc) is 3.44. The fourth-order valence-corrected chi connectivity index (χ4v) is 5.39. The Bertz CT molecular complexity index is 1150. The molecule has 0 saturated carbocycles. The van der Waals surface area contributed by atoms with Crippen LogP contribution in [-0.4, -0.2) is 41.7 Å². The number of fused-ring (bicyclic) bond motifs is 2. The van der Waals surface area contributed by atoms with Gasteiger partial charge < -0.3 is 9.84 Å². The molecule has 4 aromatic rings. The van der Waals surface area contributed by atoms with Crippen LogP contribution in [0.1, 0.15) is 24.6 Å². The molecule has 1 aliphatic heterocycles. The normalized spacial score (nSPS) is 19.8. The molecule has 1 N–H and O–H groups in total. The second-order valence-electron chi connectivity index (χ2n) is 6.57. The first kappa shape index (κ1) is 18.4. The number of aliphatic hydroxyl groups excluding tert-OH is 1. The molecule has 0 radical (unpaired) electrons. The number of aliphatic hydroxyl groups is 1. The molecule has 1 aromatic carbocycles. The Labute approximate surface area is 177 Å². The lowest BCUT2D eigenvalue weighted by atomic mass is 10.2. The molecule has 5 rings (SSSR count). The van der Waals surface area contributed by atoms with E-state index in [1.165, 1.54) is 17.1 Å². The van der Waals surface area contributed by atoms with E-state index >= 15 is 0 Å².